The van der Waals surface area contributed by atoms with E-state index in [9.17, 15) is 0 Å². The number of nitrogens with zero attached hydrogens (tertiary/aromatic N) is 3. The van der Waals surface area contributed by atoms with E-state index in [0.29, 0.717) is 0 Å². The first-order valence-corrected chi connectivity index (χ1v) is 6.32. The molecule has 1 N–H and O–H groups in total. The average Bonchev–Trinajstić information content (AvgIpc) is 2.83. The molecule has 4 heteroatoms. The number of fused-ring (bicyclic) bond motifs is 1. The molecule has 0 aliphatic heterocycles. The van der Waals surface area contributed by atoms with E-state index in [1.165, 1.54) is 5.56 Å². The van der Waals surface area contributed by atoms with Crippen LogP contribution in [0.3, 0.4) is 0 Å². The van der Waals surface area contributed by atoms with Crippen LogP contribution in [0, 0.1) is 6.92 Å². The van der Waals surface area contributed by atoms with Crippen LogP contribution in [0.2, 0.25) is 0 Å². The molecular weight excluding hydrogens is 236 g/mol. The second kappa shape index (κ2) is 4.82. The highest BCUT2D eigenvalue weighted by atomic mass is 15.1. The van der Waals surface area contributed by atoms with E-state index in [-0.39, 0.29) is 0 Å². The van der Waals surface area contributed by atoms with E-state index in [4.69, 9.17) is 0 Å². The van der Waals surface area contributed by atoms with Crippen molar-refractivity contribution in [3.8, 4) is 5.82 Å². The monoisotopic (exact) mass is 252 g/mol. The molecule has 19 heavy (non-hydrogen) atoms. The minimum Gasteiger partial charge on any atom is -0.316 e. The van der Waals surface area contributed by atoms with E-state index in [1.54, 1.807) is 0 Å². The molecule has 96 valence electrons. The highest BCUT2D eigenvalue weighted by molar-refractivity contribution is 5.77. The molecule has 0 spiro atoms. The number of benzene rings is 1. The Bertz CT molecular complexity index is 715. The predicted octanol–water partition coefficient (Wildman–Crippen LogP) is 2.45. The van der Waals surface area contributed by atoms with Crippen molar-refractivity contribution in [2.24, 2.45) is 0 Å². The number of pyridine rings is 1. The normalized spacial score (nSPS) is 11.1. The third kappa shape index (κ3) is 2.11. The average molecular weight is 252 g/mol. The summed E-state index contributed by atoms with van der Waals surface area (Å²) in [6.45, 7) is 2.91. The van der Waals surface area contributed by atoms with Crippen molar-refractivity contribution >= 4 is 11.0 Å². The Balaban J connectivity index is 2.11. The highest BCUT2D eigenvalue weighted by Crippen LogP contribution is 2.19. The standard InChI is InChI=1S/C15H16N4/c1-11-7-12(8-16-2)9-17-15(11)19-10-18-13-5-3-4-6-14(13)19/h3-7,9-10,16H,8H2,1-2H3. The number of para-hydroxylation sites is 2. The molecule has 3 aromatic rings. The lowest BCUT2D eigenvalue weighted by Gasteiger charge is -2.09. The summed E-state index contributed by atoms with van der Waals surface area (Å²) in [5.74, 6) is 0.938. The van der Waals surface area contributed by atoms with Gasteiger partial charge in [0.15, 0.2) is 0 Å². The van der Waals surface area contributed by atoms with Crippen LogP contribution < -0.4 is 5.32 Å². The number of hydrogen-bond acceptors (Lipinski definition) is 3. The smallest absolute Gasteiger partial charge is 0.141 e. The van der Waals surface area contributed by atoms with Gasteiger partial charge in [-0.25, -0.2) is 9.97 Å². The molecule has 0 aliphatic carbocycles. The molecule has 1 aromatic carbocycles. The molecule has 0 amide bonds. The number of aromatic nitrogens is 3. The molecule has 4 nitrogen and oxygen atoms in total. The number of rotatable bonds is 3. The van der Waals surface area contributed by atoms with Gasteiger partial charge in [-0.2, -0.15) is 0 Å². The predicted molar refractivity (Wildman–Crippen MR) is 76.4 cm³/mol. The fourth-order valence-corrected chi connectivity index (χ4v) is 2.31. The van der Waals surface area contributed by atoms with Crippen molar-refractivity contribution in [2.75, 3.05) is 7.05 Å². The van der Waals surface area contributed by atoms with E-state index in [0.717, 1.165) is 29.0 Å². The molecular formula is C15H16N4. The van der Waals surface area contributed by atoms with Crippen LogP contribution in [-0.4, -0.2) is 21.6 Å². The zero-order chi connectivity index (χ0) is 13.2. The maximum absolute atomic E-state index is 4.57. The Morgan fingerprint density at radius 1 is 1.21 bits per heavy atom. The largest absolute Gasteiger partial charge is 0.316 e. The van der Waals surface area contributed by atoms with Crippen molar-refractivity contribution in [1.29, 1.82) is 0 Å². The summed E-state index contributed by atoms with van der Waals surface area (Å²) < 4.78 is 2.04. The van der Waals surface area contributed by atoms with Crippen LogP contribution in [0.25, 0.3) is 16.9 Å². The second-order valence-electron chi connectivity index (χ2n) is 4.62. The SMILES string of the molecule is CNCc1cnc(-n2cnc3ccccc32)c(C)c1. The lowest BCUT2D eigenvalue weighted by molar-refractivity contribution is 0.809. The van der Waals surface area contributed by atoms with Gasteiger partial charge in [-0.15, -0.1) is 0 Å². The number of aryl methyl sites for hydroxylation is 1. The molecule has 0 radical (unpaired) electrons. The van der Waals surface area contributed by atoms with Gasteiger partial charge in [-0.1, -0.05) is 12.1 Å². The minimum atomic E-state index is 0.832. The lowest BCUT2D eigenvalue weighted by atomic mass is 10.2. The van der Waals surface area contributed by atoms with Crippen LogP contribution >= 0.6 is 0 Å². The summed E-state index contributed by atoms with van der Waals surface area (Å²) in [5, 5.41) is 3.14. The fraction of sp³-hybridized carbons (Fsp3) is 0.200. The van der Waals surface area contributed by atoms with Crippen LogP contribution in [0.5, 0.6) is 0 Å². The molecule has 0 unspecified atom stereocenters. The van der Waals surface area contributed by atoms with Crippen LogP contribution in [-0.2, 0) is 6.54 Å². The van der Waals surface area contributed by atoms with Gasteiger partial charge in [-0.3, -0.25) is 4.57 Å². The molecule has 0 fully saturated rings. The maximum Gasteiger partial charge on any atom is 0.141 e. The van der Waals surface area contributed by atoms with Crippen molar-refractivity contribution in [3.05, 3.63) is 54.0 Å². The first-order chi connectivity index (χ1) is 9.29. The molecule has 0 saturated carbocycles. The Kier molecular flexibility index (Phi) is 3.01. The van der Waals surface area contributed by atoms with E-state index < -0.39 is 0 Å². The Labute approximate surface area is 112 Å². The van der Waals surface area contributed by atoms with Gasteiger partial charge < -0.3 is 5.32 Å². The number of nitrogens with one attached hydrogen (secondary N) is 1. The highest BCUT2D eigenvalue weighted by Gasteiger charge is 2.08. The summed E-state index contributed by atoms with van der Waals surface area (Å²) in [6.07, 6.45) is 3.74. The van der Waals surface area contributed by atoms with Crippen molar-refractivity contribution < 1.29 is 0 Å². The minimum absolute atomic E-state index is 0.832. The van der Waals surface area contributed by atoms with Gasteiger partial charge in [0.25, 0.3) is 0 Å². The zero-order valence-electron chi connectivity index (χ0n) is 11.1. The third-order valence-electron chi connectivity index (χ3n) is 3.17. The molecule has 0 atom stereocenters. The summed E-state index contributed by atoms with van der Waals surface area (Å²) in [6, 6.07) is 10.2. The third-order valence-corrected chi connectivity index (χ3v) is 3.17. The van der Waals surface area contributed by atoms with Gasteiger partial charge >= 0.3 is 0 Å². The van der Waals surface area contributed by atoms with Crippen molar-refractivity contribution in [3.63, 3.8) is 0 Å². The van der Waals surface area contributed by atoms with Gasteiger partial charge in [-0.05, 0) is 43.3 Å². The van der Waals surface area contributed by atoms with Crippen LogP contribution in [0.15, 0.2) is 42.9 Å². The zero-order valence-corrected chi connectivity index (χ0v) is 11.1. The summed E-state index contributed by atoms with van der Waals surface area (Å²) >= 11 is 0. The van der Waals surface area contributed by atoms with E-state index >= 15 is 0 Å². The van der Waals surface area contributed by atoms with Gasteiger partial charge in [0.2, 0.25) is 0 Å². The van der Waals surface area contributed by atoms with Crippen molar-refractivity contribution in [1.82, 2.24) is 19.9 Å². The second-order valence-corrected chi connectivity index (χ2v) is 4.62. The topological polar surface area (TPSA) is 42.7 Å². The van der Waals surface area contributed by atoms with Crippen LogP contribution in [0.4, 0.5) is 0 Å². The van der Waals surface area contributed by atoms with Gasteiger partial charge in [0.1, 0.15) is 12.1 Å². The number of hydrogen-bond donors (Lipinski definition) is 1. The maximum atomic E-state index is 4.57. The number of imidazole rings is 1. The van der Waals surface area contributed by atoms with Gasteiger partial charge in [0, 0.05) is 12.7 Å². The summed E-state index contributed by atoms with van der Waals surface area (Å²) in [4.78, 5) is 8.98. The fourth-order valence-electron chi connectivity index (χ4n) is 2.31. The molecule has 0 saturated heterocycles. The molecule has 0 bridgehead atoms. The van der Waals surface area contributed by atoms with E-state index in [1.807, 2.05) is 42.3 Å². The first-order valence-electron chi connectivity index (χ1n) is 6.32. The summed E-state index contributed by atoms with van der Waals surface area (Å²) in [7, 11) is 1.94. The van der Waals surface area contributed by atoms with E-state index in [2.05, 4.69) is 34.3 Å². The lowest BCUT2D eigenvalue weighted by Crippen LogP contribution is -2.07. The molecule has 2 heterocycles. The molecule has 3 rings (SSSR count). The van der Waals surface area contributed by atoms with Crippen LogP contribution in [0.1, 0.15) is 11.1 Å². The quantitative estimate of drug-likeness (QED) is 0.778. The molecule has 2 aromatic heterocycles. The van der Waals surface area contributed by atoms with Crippen molar-refractivity contribution in [2.45, 2.75) is 13.5 Å². The Hall–Kier alpha value is -2.20. The first kappa shape index (κ1) is 11.9. The summed E-state index contributed by atoms with van der Waals surface area (Å²) in [5.41, 5.74) is 4.41. The van der Waals surface area contributed by atoms with Gasteiger partial charge in [0.05, 0.1) is 11.0 Å². The Morgan fingerprint density at radius 3 is 2.84 bits per heavy atom. The molecule has 0 aliphatic rings. The Morgan fingerprint density at radius 2 is 2.05 bits per heavy atom.